The number of halogens is 1. The summed E-state index contributed by atoms with van der Waals surface area (Å²) < 4.78 is 13.7. The van der Waals surface area contributed by atoms with Gasteiger partial charge in [0.05, 0.1) is 6.04 Å². The van der Waals surface area contributed by atoms with Gasteiger partial charge in [-0.15, -0.1) is 0 Å². The number of likely N-dealkylation sites (N-methyl/N-ethyl adjacent to an activating group) is 1. The van der Waals surface area contributed by atoms with Gasteiger partial charge >= 0.3 is 0 Å². The topological polar surface area (TPSA) is 15.3 Å². The maximum Gasteiger partial charge on any atom is 0.123 e. The van der Waals surface area contributed by atoms with Gasteiger partial charge in [0.25, 0.3) is 0 Å². The van der Waals surface area contributed by atoms with E-state index in [4.69, 9.17) is 0 Å². The number of nitrogens with one attached hydrogen (secondary N) is 1. The molecule has 1 aliphatic carbocycles. The molecule has 1 unspecified atom stereocenters. The van der Waals surface area contributed by atoms with Crippen molar-refractivity contribution < 1.29 is 4.39 Å². The van der Waals surface area contributed by atoms with E-state index in [0.29, 0.717) is 0 Å². The average Bonchev–Trinajstić information content (AvgIpc) is 3.16. The molecule has 1 heterocycles. The molecule has 0 amide bonds. The summed E-state index contributed by atoms with van der Waals surface area (Å²) in [5, 5.41) is 3.68. The molecule has 0 radical (unpaired) electrons. The van der Waals surface area contributed by atoms with E-state index >= 15 is 0 Å². The zero-order valence-corrected chi connectivity index (χ0v) is 13.1. The minimum atomic E-state index is -0.120. The fourth-order valence-electron chi connectivity index (χ4n) is 4.45. The average molecular weight is 290 g/mol. The van der Waals surface area contributed by atoms with Gasteiger partial charge in [-0.05, 0) is 63.0 Å². The van der Waals surface area contributed by atoms with Gasteiger partial charge in [0, 0.05) is 5.54 Å². The number of hydrogen-bond donors (Lipinski definition) is 1. The Hall–Kier alpha value is -0.930. The van der Waals surface area contributed by atoms with Gasteiger partial charge in [-0.2, -0.15) is 0 Å². The number of benzene rings is 1. The molecule has 1 saturated heterocycles. The minimum Gasteiger partial charge on any atom is -0.309 e. The first-order valence-electron chi connectivity index (χ1n) is 8.50. The van der Waals surface area contributed by atoms with Gasteiger partial charge in [-0.1, -0.05) is 31.9 Å². The highest BCUT2D eigenvalue weighted by molar-refractivity contribution is 5.25. The van der Waals surface area contributed by atoms with Crippen molar-refractivity contribution in [2.45, 2.75) is 57.0 Å². The van der Waals surface area contributed by atoms with Crippen molar-refractivity contribution in [3.05, 3.63) is 35.6 Å². The van der Waals surface area contributed by atoms with Crippen molar-refractivity contribution in [1.82, 2.24) is 10.2 Å². The van der Waals surface area contributed by atoms with Crippen molar-refractivity contribution in [3.8, 4) is 0 Å². The molecular formula is C18H27FN2. The molecule has 1 atom stereocenters. The quantitative estimate of drug-likeness (QED) is 0.885. The molecule has 1 aromatic rings. The van der Waals surface area contributed by atoms with Crippen LogP contribution in [0.2, 0.25) is 0 Å². The summed E-state index contributed by atoms with van der Waals surface area (Å²) in [5.41, 5.74) is 1.31. The Morgan fingerprint density at radius 1 is 1.19 bits per heavy atom. The molecule has 2 aliphatic rings. The molecule has 2 fully saturated rings. The second kappa shape index (κ2) is 6.45. The van der Waals surface area contributed by atoms with Crippen LogP contribution in [-0.2, 0) is 0 Å². The van der Waals surface area contributed by atoms with Crippen LogP contribution >= 0.6 is 0 Å². The van der Waals surface area contributed by atoms with Crippen LogP contribution < -0.4 is 5.32 Å². The lowest BCUT2D eigenvalue weighted by Gasteiger charge is -2.45. The second-order valence-corrected chi connectivity index (χ2v) is 6.55. The molecule has 3 heteroatoms. The van der Waals surface area contributed by atoms with E-state index in [1.165, 1.54) is 51.6 Å². The largest absolute Gasteiger partial charge is 0.309 e. The fourth-order valence-corrected chi connectivity index (χ4v) is 4.45. The van der Waals surface area contributed by atoms with E-state index < -0.39 is 0 Å². The summed E-state index contributed by atoms with van der Waals surface area (Å²) in [4.78, 5) is 2.69. The first-order valence-corrected chi connectivity index (χ1v) is 8.50. The van der Waals surface area contributed by atoms with Gasteiger partial charge < -0.3 is 5.32 Å². The third kappa shape index (κ3) is 2.86. The lowest BCUT2D eigenvalue weighted by atomic mass is 9.82. The summed E-state index contributed by atoms with van der Waals surface area (Å²) in [5.74, 6) is -0.120. The molecule has 3 rings (SSSR count). The number of likely N-dealkylation sites (tertiary alicyclic amines) is 1. The Morgan fingerprint density at radius 2 is 1.90 bits per heavy atom. The van der Waals surface area contributed by atoms with Crippen molar-refractivity contribution in [2.75, 3.05) is 19.6 Å². The van der Waals surface area contributed by atoms with E-state index in [-0.39, 0.29) is 17.4 Å². The fraction of sp³-hybridized carbons (Fsp3) is 0.667. The normalized spacial score (nSPS) is 23.5. The van der Waals surface area contributed by atoms with Gasteiger partial charge in [0.2, 0.25) is 0 Å². The van der Waals surface area contributed by atoms with Crippen LogP contribution in [-0.4, -0.2) is 30.1 Å². The van der Waals surface area contributed by atoms with Crippen molar-refractivity contribution in [3.63, 3.8) is 0 Å². The van der Waals surface area contributed by atoms with Crippen LogP contribution in [0.3, 0.4) is 0 Å². The highest BCUT2D eigenvalue weighted by atomic mass is 19.1. The zero-order chi connectivity index (χ0) is 14.7. The van der Waals surface area contributed by atoms with Crippen LogP contribution in [0.1, 0.15) is 57.1 Å². The Labute approximate surface area is 127 Å². The van der Waals surface area contributed by atoms with E-state index in [2.05, 4.69) is 23.2 Å². The molecular weight excluding hydrogens is 263 g/mol. The second-order valence-electron chi connectivity index (χ2n) is 6.55. The van der Waals surface area contributed by atoms with Gasteiger partial charge in [-0.25, -0.2) is 4.39 Å². The van der Waals surface area contributed by atoms with Crippen LogP contribution in [0.25, 0.3) is 0 Å². The number of hydrogen-bond acceptors (Lipinski definition) is 2. The lowest BCUT2D eigenvalue weighted by Crippen LogP contribution is -2.54. The molecule has 21 heavy (non-hydrogen) atoms. The monoisotopic (exact) mass is 290 g/mol. The summed E-state index contributed by atoms with van der Waals surface area (Å²) >= 11 is 0. The molecule has 1 N–H and O–H groups in total. The number of rotatable bonds is 5. The molecule has 1 aliphatic heterocycles. The third-order valence-electron chi connectivity index (χ3n) is 5.33. The first-order chi connectivity index (χ1) is 10.3. The predicted molar refractivity (Wildman–Crippen MR) is 84.8 cm³/mol. The molecule has 1 saturated carbocycles. The number of nitrogens with zero attached hydrogens (tertiary/aromatic N) is 1. The molecule has 0 spiro atoms. The molecule has 2 nitrogen and oxygen atoms in total. The maximum atomic E-state index is 13.7. The Balaban J connectivity index is 1.96. The summed E-state index contributed by atoms with van der Waals surface area (Å²) in [7, 11) is 0. The Kier molecular flexibility index (Phi) is 4.60. The highest BCUT2D eigenvalue weighted by Gasteiger charge is 2.46. The summed E-state index contributed by atoms with van der Waals surface area (Å²) in [6.45, 7) is 5.49. The van der Waals surface area contributed by atoms with Crippen LogP contribution in [0.4, 0.5) is 4.39 Å². The lowest BCUT2D eigenvalue weighted by molar-refractivity contribution is 0.0769. The first kappa shape index (κ1) is 15.0. The highest BCUT2D eigenvalue weighted by Crippen LogP contribution is 2.45. The van der Waals surface area contributed by atoms with Crippen LogP contribution in [0, 0.1) is 5.82 Å². The summed E-state index contributed by atoms with van der Waals surface area (Å²) in [6, 6.07) is 7.46. The van der Waals surface area contributed by atoms with Gasteiger partial charge in [-0.3, -0.25) is 4.90 Å². The smallest absolute Gasteiger partial charge is 0.123 e. The standard InChI is InChI=1S/C18H27FN2/c1-2-20-17(15-8-7-9-16(19)14-15)18(10-3-4-11-18)21-12-5-6-13-21/h7-9,14,17,20H,2-6,10-13H2,1H3. The van der Waals surface area contributed by atoms with E-state index in [9.17, 15) is 4.39 Å². The van der Waals surface area contributed by atoms with E-state index in [1.807, 2.05) is 6.07 Å². The maximum absolute atomic E-state index is 13.7. The summed E-state index contributed by atoms with van der Waals surface area (Å²) in [6.07, 6.45) is 7.69. The van der Waals surface area contributed by atoms with E-state index in [0.717, 1.165) is 12.1 Å². The van der Waals surface area contributed by atoms with Crippen molar-refractivity contribution in [2.24, 2.45) is 0 Å². The minimum absolute atomic E-state index is 0.120. The molecule has 0 aromatic heterocycles. The molecule has 0 bridgehead atoms. The third-order valence-corrected chi connectivity index (χ3v) is 5.33. The molecule has 116 valence electrons. The van der Waals surface area contributed by atoms with Crippen molar-refractivity contribution >= 4 is 0 Å². The Morgan fingerprint density at radius 3 is 2.52 bits per heavy atom. The SMILES string of the molecule is CCNC(c1cccc(F)c1)C1(N2CCCC2)CCCC1. The van der Waals surface area contributed by atoms with Crippen LogP contribution in [0.15, 0.2) is 24.3 Å². The molecule has 1 aromatic carbocycles. The predicted octanol–water partition coefficient (Wildman–Crippen LogP) is 3.88. The van der Waals surface area contributed by atoms with E-state index in [1.54, 1.807) is 12.1 Å². The van der Waals surface area contributed by atoms with Crippen LogP contribution in [0.5, 0.6) is 0 Å². The van der Waals surface area contributed by atoms with Crippen molar-refractivity contribution in [1.29, 1.82) is 0 Å². The van der Waals surface area contributed by atoms with Gasteiger partial charge in [0.1, 0.15) is 5.82 Å². The Bertz CT molecular complexity index is 462. The zero-order valence-electron chi connectivity index (χ0n) is 13.1. The van der Waals surface area contributed by atoms with Gasteiger partial charge in [0.15, 0.2) is 0 Å².